The van der Waals surface area contributed by atoms with Crippen LogP contribution in [0.4, 0.5) is 13.2 Å². The highest BCUT2D eigenvalue weighted by atomic mass is 32.2. The molecule has 0 atom stereocenters. The molecule has 0 aromatic carbocycles. The van der Waals surface area contributed by atoms with Crippen molar-refractivity contribution in [3.8, 4) is 0 Å². The Hall–Kier alpha value is -0.430. The molecular formula is C9H15F3N2OS. The van der Waals surface area contributed by atoms with Crippen LogP contribution in [0.3, 0.4) is 0 Å². The summed E-state index contributed by atoms with van der Waals surface area (Å²) in [6, 6.07) is 0. The molecule has 3 nitrogen and oxygen atoms in total. The van der Waals surface area contributed by atoms with Gasteiger partial charge < -0.3 is 10.2 Å². The van der Waals surface area contributed by atoms with Crippen molar-refractivity contribution in [3.05, 3.63) is 0 Å². The fourth-order valence-electron chi connectivity index (χ4n) is 1.51. The minimum Gasteiger partial charge on any atom is -0.342 e. The number of rotatable bonds is 5. The number of carbonyl (C=O) groups excluding carboxylic acids is 1. The lowest BCUT2D eigenvalue weighted by Crippen LogP contribution is -2.37. The van der Waals surface area contributed by atoms with E-state index in [1.807, 2.05) is 0 Å². The fraction of sp³-hybridized carbons (Fsp3) is 0.889. The number of nitrogens with one attached hydrogen (secondary N) is 1. The first-order valence-electron chi connectivity index (χ1n) is 5.18. The van der Waals surface area contributed by atoms with Gasteiger partial charge in [-0.3, -0.25) is 4.79 Å². The molecule has 0 bridgehead atoms. The topological polar surface area (TPSA) is 32.3 Å². The van der Waals surface area contributed by atoms with Gasteiger partial charge in [-0.2, -0.15) is 13.2 Å². The highest BCUT2D eigenvalue weighted by Gasteiger charge is 2.27. The van der Waals surface area contributed by atoms with E-state index in [0.717, 1.165) is 25.9 Å². The van der Waals surface area contributed by atoms with E-state index in [9.17, 15) is 18.0 Å². The van der Waals surface area contributed by atoms with Crippen LogP contribution in [0.25, 0.3) is 0 Å². The van der Waals surface area contributed by atoms with E-state index < -0.39 is 5.51 Å². The average molecular weight is 256 g/mol. The molecule has 1 fully saturated rings. The van der Waals surface area contributed by atoms with Gasteiger partial charge in [0.25, 0.3) is 0 Å². The summed E-state index contributed by atoms with van der Waals surface area (Å²) in [6.45, 7) is 1.89. The van der Waals surface area contributed by atoms with Crippen molar-refractivity contribution in [2.45, 2.75) is 18.3 Å². The second kappa shape index (κ2) is 6.34. The molecule has 1 heterocycles. The van der Waals surface area contributed by atoms with E-state index in [0.29, 0.717) is 0 Å². The zero-order valence-corrected chi connectivity index (χ0v) is 9.66. The van der Waals surface area contributed by atoms with Crippen LogP contribution in [-0.4, -0.2) is 48.2 Å². The third-order valence-corrected chi connectivity index (χ3v) is 3.02. The van der Waals surface area contributed by atoms with E-state index in [-0.39, 0.29) is 36.5 Å². The van der Waals surface area contributed by atoms with Gasteiger partial charge in [-0.1, -0.05) is 0 Å². The van der Waals surface area contributed by atoms with Crippen molar-refractivity contribution in [3.63, 3.8) is 0 Å². The molecule has 0 spiro atoms. The number of carbonyl (C=O) groups is 1. The lowest BCUT2D eigenvalue weighted by molar-refractivity contribution is -0.129. The largest absolute Gasteiger partial charge is 0.441 e. The van der Waals surface area contributed by atoms with Crippen molar-refractivity contribution in [2.75, 3.05) is 31.9 Å². The Morgan fingerprint density at radius 2 is 1.94 bits per heavy atom. The van der Waals surface area contributed by atoms with E-state index >= 15 is 0 Å². The number of halogens is 3. The first-order chi connectivity index (χ1) is 7.49. The van der Waals surface area contributed by atoms with Crippen LogP contribution >= 0.6 is 11.8 Å². The Bertz CT molecular complexity index is 229. The molecule has 1 saturated heterocycles. The lowest BCUT2D eigenvalue weighted by Gasteiger charge is -2.15. The summed E-state index contributed by atoms with van der Waals surface area (Å²) in [5, 5.41) is 2.72. The zero-order valence-electron chi connectivity index (χ0n) is 8.85. The average Bonchev–Trinajstić information content (AvgIpc) is 2.67. The van der Waals surface area contributed by atoms with E-state index in [2.05, 4.69) is 5.32 Å². The first kappa shape index (κ1) is 13.6. The van der Waals surface area contributed by atoms with Gasteiger partial charge in [0.05, 0.1) is 6.54 Å². The highest BCUT2D eigenvalue weighted by Crippen LogP contribution is 2.29. The number of thioether (sulfide) groups is 1. The maximum atomic E-state index is 11.7. The molecule has 7 heteroatoms. The van der Waals surface area contributed by atoms with Gasteiger partial charge in [0.15, 0.2) is 0 Å². The standard InChI is InChI=1S/C9H15F3N2OS/c10-9(11,12)16-6-3-13-7-8(15)14-4-1-2-5-14/h13H,1-7H2. The van der Waals surface area contributed by atoms with Crippen LogP contribution < -0.4 is 5.32 Å². The summed E-state index contributed by atoms with van der Waals surface area (Å²) in [7, 11) is 0. The van der Waals surface area contributed by atoms with Gasteiger partial charge >= 0.3 is 5.51 Å². The van der Waals surface area contributed by atoms with Gasteiger partial charge in [-0.05, 0) is 24.6 Å². The number of hydrogen-bond donors (Lipinski definition) is 1. The first-order valence-corrected chi connectivity index (χ1v) is 6.17. The van der Waals surface area contributed by atoms with E-state index in [1.165, 1.54) is 0 Å². The summed E-state index contributed by atoms with van der Waals surface area (Å²) < 4.78 is 35.2. The van der Waals surface area contributed by atoms with Crippen molar-refractivity contribution in [1.82, 2.24) is 10.2 Å². The minimum atomic E-state index is -4.18. The molecular weight excluding hydrogens is 241 g/mol. The molecule has 0 unspecified atom stereocenters. The van der Waals surface area contributed by atoms with Crippen molar-refractivity contribution in [2.24, 2.45) is 0 Å². The smallest absolute Gasteiger partial charge is 0.342 e. The number of hydrogen-bond acceptors (Lipinski definition) is 3. The van der Waals surface area contributed by atoms with Crippen molar-refractivity contribution >= 4 is 17.7 Å². The third-order valence-electron chi connectivity index (χ3n) is 2.28. The summed E-state index contributed by atoms with van der Waals surface area (Å²) >= 11 is -0.0699. The van der Waals surface area contributed by atoms with Crippen LogP contribution in [0, 0.1) is 0 Å². The predicted molar refractivity (Wildman–Crippen MR) is 57.2 cm³/mol. The monoisotopic (exact) mass is 256 g/mol. The highest BCUT2D eigenvalue weighted by molar-refractivity contribution is 8.00. The molecule has 0 aliphatic carbocycles. The molecule has 0 aromatic heterocycles. The summed E-state index contributed by atoms with van der Waals surface area (Å²) in [4.78, 5) is 13.2. The minimum absolute atomic E-state index is 0.0190. The Kier molecular flexibility index (Phi) is 5.40. The maximum absolute atomic E-state index is 11.7. The van der Waals surface area contributed by atoms with Crippen LogP contribution in [0.1, 0.15) is 12.8 Å². The normalized spacial score (nSPS) is 16.8. The number of nitrogens with zero attached hydrogens (tertiary/aromatic N) is 1. The zero-order chi connectivity index (χ0) is 12.0. The summed E-state index contributed by atoms with van der Waals surface area (Å²) in [6.07, 6.45) is 2.05. The van der Waals surface area contributed by atoms with Crippen LogP contribution in [0.2, 0.25) is 0 Å². The number of alkyl halides is 3. The molecule has 1 N–H and O–H groups in total. The third kappa shape index (κ3) is 5.60. The Morgan fingerprint density at radius 1 is 1.31 bits per heavy atom. The van der Waals surface area contributed by atoms with Gasteiger partial charge in [0.2, 0.25) is 5.91 Å². The van der Waals surface area contributed by atoms with Gasteiger partial charge in [-0.15, -0.1) is 0 Å². The molecule has 0 aromatic rings. The van der Waals surface area contributed by atoms with Gasteiger partial charge in [0, 0.05) is 25.4 Å². The Morgan fingerprint density at radius 3 is 2.50 bits per heavy atom. The number of amides is 1. The second-order valence-electron chi connectivity index (χ2n) is 3.56. The summed E-state index contributed by atoms with van der Waals surface area (Å²) in [5.41, 5.74) is -4.18. The quantitative estimate of drug-likeness (QED) is 0.756. The van der Waals surface area contributed by atoms with Crippen molar-refractivity contribution in [1.29, 1.82) is 0 Å². The molecule has 0 radical (unpaired) electrons. The molecule has 94 valence electrons. The van der Waals surface area contributed by atoms with Crippen LogP contribution in [-0.2, 0) is 4.79 Å². The van der Waals surface area contributed by atoms with E-state index in [4.69, 9.17) is 0 Å². The molecule has 1 rings (SSSR count). The molecule has 1 aliphatic rings. The molecule has 0 saturated carbocycles. The Labute approximate surface area is 96.7 Å². The SMILES string of the molecule is O=C(CNCCSC(F)(F)F)N1CCCC1. The summed E-state index contributed by atoms with van der Waals surface area (Å²) in [5.74, 6) is -0.0777. The van der Waals surface area contributed by atoms with Gasteiger partial charge in [0.1, 0.15) is 0 Å². The Balaban J connectivity index is 2.00. The molecule has 16 heavy (non-hydrogen) atoms. The van der Waals surface area contributed by atoms with Crippen molar-refractivity contribution < 1.29 is 18.0 Å². The fourth-order valence-corrected chi connectivity index (χ4v) is 1.99. The molecule has 1 aliphatic heterocycles. The van der Waals surface area contributed by atoms with Gasteiger partial charge in [-0.25, -0.2) is 0 Å². The predicted octanol–water partition coefficient (Wildman–Crippen LogP) is 1.45. The lowest BCUT2D eigenvalue weighted by atomic mass is 10.4. The van der Waals surface area contributed by atoms with Crippen LogP contribution in [0.15, 0.2) is 0 Å². The van der Waals surface area contributed by atoms with E-state index in [1.54, 1.807) is 4.90 Å². The second-order valence-corrected chi connectivity index (χ2v) is 4.72. The molecule has 1 amide bonds. The maximum Gasteiger partial charge on any atom is 0.441 e. The number of likely N-dealkylation sites (tertiary alicyclic amines) is 1. The van der Waals surface area contributed by atoms with Crippen LogP contribution in [0.5, 0.6) is 0 Å².